The van der Waals surface area contributed by atoms with Crippen molar-refractivity contribution in [3.63, 3.8) is 0 Å². The van der Waals surface area contributed by atoms with Crippen molar-refractivity contribution < 1.29 is 13.9 Å². The number of hydrogen-bond acceptors (Lipinski definition) is 5. The average molecular weight is 351 g/mol. The fourth-order valence-electron chi connectivity index (χ4n) is 3.19. The number of rotatable bonds is 5. The standard InChI is InChI=1S/C20H18FN3O2/c1-25-17-7-12(8-18(26-2)19(17)21)14-9-15(14)13-10-23-20(24-11-13)16-5-3-4-6-22-16/h3-8,10-11,14-15H,9H2,1-2H3. The molecule has 1 aromatic carbocycles. The summed E-state index contributed by atoms with van der Waals surface area (Å²) in [6, 6.07) is 9.13. The van der Waals surface area contributed by atoms with Gasteiger partial charge in [0.1, 0.15) is 5.69 Å². The van der Waals surface area contributed by atoms with Crippen molar-refractivity contribution in [2.45, 2.75) is 18.3 Å². The number of nitrogens with zero attached hydrogens (tertiary/aromatic N) is 3. The first-order valence-corrected chi connectivity index (χ1v) is 8.36. The first-order chi connectivity index (χ1) is 12.7. The maximum absolute atomic E-state index is 14.1. The van der Waals surface area contributed by atoms with E-state index in [-0.39, 0.29) is 17.4 Å². The van der Waals surface area contributed by atoms with Gasteiger partial charge in [0.15, 0.2) is 17.3 Å². The number of ether oxygens (including phenoxy) is 2. The van der Waals surface area contributed by atoms with Crippen molar-refractivity contribution in [2.75, 3.05) is 14.2 Å². The van der Waals surface area contributed by atoms with Crippen LogP contribution in [0.15, 0.2) is 48.9 Å². The number of hydrogen-bond donors (Lipinski definition) is 0. The van der Waals surface area contributed by atoms with E-state index < -0.39 is 5.82 Å². The van der Waals surface area contributed by atoms with Crippen LogP contribution in [0.1, 0.15) is 29.4 Å². The average Bonchev–Trinajstić information content (AvgIpc) is 3.50. The molecule has 3 aromatic rings. The Morgan fingerprint density at radius 2 is 1.58 bits per heavy atom. The summed E-state index contributed by atoms with van der Waals surface area (Å²) in [6.45, 7) is 0. The van der Waals surface area contributed by atoms with Crippen LogP contribution in [0.2, 0.25) is 0 Å². The molecule has 132 valence electrons. The molecule has 1 saturated carbocycles. The Hall–Kier alpha value is -3.02. The summed E-state index contributed by atoms with van der Waals surface area (Å²) in [5.41, 5.74) is 2.82. The highest BCUT2D eigenvalue weighted by molar-refractivity contribution is 5.49. The minimum Gasteiger partial charge on any atom is -0.494 e. The van der Waals surface area contributed by atoms with E-state index in [1.54, 1.807) is 18.3 Å². The predicted octanol–water partition coefficient (Wildman–Crippen LogP) is 3.97. The molecule has 5 nitrogen and oxygen atoms in total. The molecular weight excluding hydrogens is 333 g/mol. The van der Waals surface area contributed by atoms with Crippen LogP contribution in [0.25, 0.3) is 11.5 Å². The largest absolute Gasteiger partial charge is 0.494 e. The van der Waals surface area contributed by atoms with E-state index in [1.165, 1.54) is 14.2 Å². The lowest BCUT2D eigenvalue weighted by Gasteiger charge is -2.10. The topological polar surface area (TPSA) is 57.1 Å². The van der Waals surface area contributed by atoms with Crippen molar-refractivity contribution in [1.29, 1.82) is 0 Å². The molecule has 1 fully saturated rings. The fraction of sp³-hybridized carbons (Fsp3) is 0.250. The van der Waals surface area contributed by atoms with Crippen LogP contribution in [-0.2, 0) is 0 Å². The number of benzene rings is 1. The Bertz CT molecular complexity index is 891. The molecule has 4 rings (SSSR count). The van der Waals surface area contributed by atoms with Gasteiger partial charge in [0.2, 0.25) is 5.82 Å². The van der Waals surface area contributed by atoms with Crippen LogP contribution < -0.4 is 9.47 Å². The van der Waals surface area contributed by atoms with Gasteiger partial charge in [0, 0.05) is 18.6 Å². The van der Waals surface area contributed by atoms with Gasteiger partial charge in [-0.05, 0) is 53.6 Å². The zero-order chi connectivity index (χ0) is 18.1. The third kappa shape index (κ3) is 2.98. The van der Waals surface area contributed by atoms with Crippen LogP contribution in [-0.4, -0.2) is 29.2 Å². The summed E-state index contributed by atoms with van der Waals surface area (Å²) in [7, 11) is 2.91. The van der Waals surface area contributed by atoms with Gasteiger partial charge in [0.25, 0.3) is 0 Å². The third-order valence-corrected chi connectivity index (χ3v) is 4.68. The van der Waals surface area contributed by atoms with E-state index in [4.69, 9.17) is 9.47 Å². The molecule has 0 bridgehead atoms. The van der Waals surface area contributed by atoms with Gasteiger partial charge in [0.05, 0.1) is 14.2 Å². The molecule has 1 aliphatic rings. The van der Waals surface area contributed by atoms with Gasteiger partial charge in [-0.3, -0.25) is 4.98 Å². The molecule has 2 aromatic heterocycles. The van der Waals surface area contributed by atoms with E-state index in [9.17, 15) is 4.39 Å². The Balaban J connectivity index is 1.55. The molecule has 1 aliphatic carbocycles. The van der Waals surface area contributed by atoms with Crippen LogP contribution in [0.3, 0.4) is 0 Å². The van der Waals surface area contributed by atoms with E-state index in [2.05, 4.69) is 15.0 Å². The summed E-state index contributed by atoms with van der Waals surface area (Å²) >= 11 is 0. The van der Waals surface area contributed by atoms with Crippen molar-refractivity contribution in [3.05, 3.63) is 65.9 Å². The van der Waals surface area contributed by atoms with Crippen LogP contribution in [0.5, 0.6) is 11.5 Å². The molecule has 0 amide bonds. The smallest absolute Gasteiger partial charge is 0.206 e. The van der Waals surface area contributed by atoms with Crippen molar-refractivity contribution in [2.24, 2.45) is 0 Å². The summed E-state index contributed by atoms with van der Waals surface area (Å²) < 4.78 is 24.3. The monoisotopic (exact) mass is 351 g/mol. The number of pyridine rings is 1. The summed E-state index contributed by atoms with van der Waals surface area (Å²) in [6.07, 6.45) is 6.38. The Kier molecular flexibility index (Phi) is 4.24. The molecule has 6 heteroatoms. The highest BCUT2D eigenvalue weighted by Gasteiger charge is 2.40. The molecule has 0 spiro atoms. The number of aromatic nitrogens is 3. The summed E-state index contributed by atoms with van der Waals surface area (Å²) in [5.74, 6) is 1.13. The van der Waals surface area contributed by atoms with Crippen molar-refractivity contribution in [1.82, 2.24) is 15.0 Å². The maximum Gasteiger partial charge on any atom is 0.206 e. The minimum atomic E-state index is -0.473. The highest BCUT2D eigenvalue weighted by Crippen LogP contribution is 2.55. The Morgan fingerprint density at radius 3 is 2.15 bits per heavy atom. The van der Waals surface area contributed by atoms with E-state index in [0.717, 1.165) is 23.2 Å². The van der Waals surface area contributed by atoms with Crippen LogP contribution in [0, 0.1) is 5.82 Å². The Morgan fingerprint density at radius 1 is 0.923 bits per heavy atom. The quantitative estimate of drug-likeness (QED) is 0.696. The molecule has 2 heterocycles. The predicted molar refractivity (Wildman–Crippen MR) is 94.9 cm³/mol. The zero-order valence-corrected chi connectivity index (χ0v) is 14.5. The van der Waals surface area contributed by atoms with Crippen LogP contribution >= 0.6 is 0 Å². The normalized spacial score (nSPS) is 18.4. The summed E-state index contributed by atoms with van der Waals surface area (Å²) in [4.78, 5) is 13.1. The first kappa shape index (κ1) is 16.4. The van der Waals surface area contributed by atoms with Gasteiger partial charge in [-0.15, -0.1) is 0 Å². The van der Waals surface area contributed by atoms with E-state index in [1.807, 2.05) is 30.6 Å². The van der Waals surface area contributed by atoms with E-state index >= 15 is 0 Å². The van der Waals surface area contributed by atoms with Gasteiger partial charge in [-0.2, -0.15) is 4.39 Å². The van der Waals surface area contributed by atoms with Gasteiger partial charge < -0.3 is 9.47 Å². The molecule has 0 N–H and O–H groups in total. The third-order valence-electron chi connectivity index (χ3n) is 4.68. The minimum absolute atomic E-state index is 0.201. The molecule has 2 atom stereocenters. The summed E-state index contributed by atoms with van der Waals surface area (Å²) in [5, 5.41) is 0. The van der Waals surface area contributed by atoms with Gasteiger partial charge in [-0.1, -0.05) is 6.07 Å². The molecule has 2 unspecified atom stereocenters. The van der Waals surface area contributed by atoms with E-state index in [0.29, 0.717) is 11.7 Å². The first-order valence-electron chi connectivity index (χ1n) is 8.36. The lowest BCUT2D eigenvalue weighted by atomic mass is 10.1. The lowest BCUT2D eigenvalue weighted by molar-refractivity contribution is 0.349. The molecular formula is C20H18FN3O2. The molecule has 26 heavy (non-hydrogen) atoms. The van der Waals surface area contributed by atoms with Gasteiger partial charge in [-0.25, -0.2) is 9.97 Å². The number of halogens is 1. The SMILES string of the molecule is COc1cc(C2CC2c2cnc(-c3ccccn3)nc2)cc(OC)c1F. The van der Waals surface area contributed by atoms with Crippen LogP contribution in [0.4, 0.5) is 4.39 Å². The van der Waals surface area contributed by atoms with Crippen molar-refractivity contribution >= 4 is 0 Å². The van der Waals surface area contributed by atoms with Gasteiger partial charge >= 0.3 is 0 Å². The second-order valence-electron chi connectivity index (χ2n) is 6.24. The second kappa shape index (κ2) is 6.71. The maximum atomic E-state index is 14.1. The molecule has 0 saturated heterocycles. The Labute approximate surface area is 150 Å². The second-order valence-corrected chi connectivity index (χ2v) is 6.24. The highest BCUT2D eigenvalue weighted by atomic mass is 19.1. The number of methoxy groups -OCH3 is 2. The zero-order valence-electron chi connectivity index (χ0n) is 14.5. The molecule has 0 radical (unpaired) electrons. The molecule has 0 aliphatic heterocycles. The van der Waals surface area contributed by atoms with Crippen molar-refractivity contribution in [3.8, 4) is 23.0 Å². The fourth-order valence-corrected chi connectivity index (χ4v) is 3.19. The lowest BCUT2D eigenvalue weighted by Crippen LogP contribution is -1.97.